The van der Waals surface area contributed by atoms with Crippen molar-refractivity contribution in [2.75, 3.05) is 5.75 Å². The lowest BCUT2D eigenvalue weighted by molar-refractivity contribution is -0.130. The quantitative estimate of drug-likeness (QED) is 0.434. The van der Waals surface area contributed by atoms with Crippen LogP contribution in [-0.2, 0) is 11.3 Å². The summed E-state index contributed by atoms with van der Waals surface area (Å²) in [5.74, 6) is 0.321. The highest BCUT2D eigenvalue weighted by Crippen LogP contribution is 2.36. The highest BCUT2D eigenvalue weighted by Gasteiger charge is 2.29. The van der Waals surface area contributed by atoms with Gasteiger partial charge in [-0.25, -0.2) is 4.98 Å². The molecule has 4 rings (SSSR count). The van der Waals surface area contributed by atoms with Gasteiger partial charge in [-0.05, 0) is 44.4 Å². The van der Waals surface area contributed by atoms with E-state index in [9.17, 15) is 9.59 Å². The smallest absolute Gasteiger partial charge is 0.262 e. The minimum absolute atomic E-state index is 0.00181. The van der Waals surface area contributed by atoms with Crippen LogP contribution in [0.25, 0.3) is 10.9 Å². The lowest BCUT2D eigenvalue weighted by Crippen LogP contribution is -2.37. The Hall–Kier alpha value is -2.60. The largest absolute Gasteiger partial charge is 0.335 e. The van der Waals surface area contributed by atoms with E-state index in [2.05, 4.69) is 0 Å². The SMILES string of the molecule is CC(C)N(Cc1ccccc1)C(=O)CSc1nc2ccccc2c(=O)n1C1CC1. The van der Waals surface area contributed by atoms with Crippen LogP contribution in [0.1, 0.15) is 38.3 Å². The predicted molar refractivity (Wildman–Crippen MR) is 117 cm³/mol. The molecule has 0 radical (unpaired) electrons. The van der Waals surface area contributed by atoms with E-state index in [1.54, 1.807) is 4.57 Å². The normalized spacial score (nSPS) is 13.8. The van der Waals surface area contributed by atoms with E-state index >= 15 is 0 Å². The van der Waals surface area contributed by atoms with Crippen molar-refractivity contribution >= 4 is 28.6 Å². The van der Waals surface area contributed by atoms with Crippen molar-refractivity contribution in [3.05, 3.63) is 70.5 Å². The molecule has 1 saturated carbocycles. The molecule has 2 aromatic carbocycles. The van der Waals surface area contributed by atoms with Crippen LogP contribution in [-0.4, -0.2) is 32.2 Å². The van der Waals surface area contributed by atoms with Crippen LogP contribution in [0.2, 0.25) is 0 Å². The predicted octanol–water partition coefficient (Wildman–Crippen LogP) is 4.26. The molecule has 1 amide bonds. The molecule has 0 unspecified atom stereocenters. The number of thioether (sulfide) groups is 1. The van der Waals surface area contributed by atoms with Crippen molar-refractivity contribution in [2.24, 2.45) is 0 Å². The first kappa shape index (κ1) is 19.7. The topological polar surface area (TPSA) is 55.2 Å². The first-order valence-corrected chi connectivity index (χ1v) is 11.0. The molecule has 29 heavy (non-hydrogen) atoms. The highest BCUT2D eigenvalue weighted by atomic mass is 32.2. The van der Waals surface area contributed by atoms with E-state index in [1.165, 1.54) is 11.8 Å². The molecule has 1 aliphatic carbocycles. The Morgan fingerprint density at radius 1 is 1.14 bits per heavy atom. The van der Waals surface area contributed by atoms with Gasteiger partial charge < -0.3 is 4.90 Å². The van der Waals surface area contributed by atoms with Crippen LogP contribution in [0.3, 0.4) is 0 Å². The maximum atomic E-state index is 13.0. The van der Waals surface area contributed by atoms with Crippen molar-refractivity contribution in [1.82, 2.24) is 14.5 Å². The molecular weight excluding hydrogens is 382 g/mol. The van der Waals surface area contributed by atoms with Gasteiger partial charge in [0.25, 0.3) is 5.56 Å². The summed E-state index contributed by atoms with van der Waals surface area (Å²) in [5.41, 5.74) is 1.80. The summed E-state index contributed by atoms with van der Waals surface area (Å²) >= 11 is 1.37. The summed E-state index contributed by atoms with van der Waals surface area (Å²) in [6, 6.07) is 17.8. The highest BCUT2D eigenvalue weighted by molar-refractivity contribution is 7.99. The van der Waals surface area contributed by atoms with Gasteiger partial charge in [0.2, 0.25) is 5.91 Å². The molecule has 1 aromatic heterocycles. The number of fused-ring (bicyclic) bond motifs is 1. The number of carbonyl (C=O) groups excluding carboxylic acids is 1. The van der Waals surface area contributed by atoms with Crippen LogP contribution in [0.4, 0.5) is 0 Å². The minimum Gasteiger partial charge on any atom is -0.335 e. The van der Waals surface area contributed by atoms with E-state index < -0.39 is 0 Å². The number of aromatic nitrogens is 2. The Morgan fingerprint density at radius 3 is 2.52 bits per heavy atom. The van der Waals surface area contributed by atoms with Crippen LogP contribution in [0, 0.1) is 0 Å². The van der Waals surface area contributed by atoms with Gasteiger partial charge in [0.15, 0.2) is 5.16 Å². The van der Waals surface area contributed by atoms with Gasteiger partial charge in [0.05, 0.1) is 16.7 Å². The second kappa shape index (κ2) is 8.41. The van der Waals surface area contributed by atoms with Crippen LogP contribution in [0.15, 0.2) is 64.5 Å². The van der Waals surface area contributed by atoms with Crippen molar-refractivity contribution in [1.29, 1.82) is 0 Å². The van der Waals surface area contributed by atoms with Crippen LogP contribution in [0.5, 0.6) is 0 Å². The second-order valence-corrected chi connectivity index (χ2v) is 8.65. The zero-order valence-corrected chi connectivity index (χ0v) is 17.6. The zero-order valence-electron chi connectivity index (χ0n) is 16.7. The van der Waals surface area contributed by atoms with E-state index in [0.717, 1.165) is 18.4 Å². The summed E-state index contributed by atoms with van der Waals surface area (Å²) in [7, 11) is 0. The maximum Gasteiger partial charge on any atom is 0.262 e. The minimum atomic E-state index is -0.00181. The van der Waals surface area contributed by atoms with Gasteiger partial charge in [0, 0.05) is 18.6 Å². The lowest BCUT2D eigenvalue weighted by atomic mass is 10.2. The molecule has 150 valence electrons. The Balaban J connectivity index is 1.56. The second-order valence-electron chi connectivity index (χ2n) is 7.71. The average molecular weight is 408 g/mol. The standard InChI is InChI=1S/C23H25N3O2S/c1-16(2)25(14-17-8-4-3-5-9-17)21(27)15-29-23-24-20-11-7-6-10-19(20)22(28)26(23)18-12-13-18/h3-11,16,18H,12-15H2,1-2H3. The fraction of sp³-hybridized carbons (Fsp3) is 0.348. The number of amides is 1. The summed E-state index contributed by atoms with van der Waals surface area (Å²) in [5, 5.41) is 1.29. The van der Waals surface area contributed by atoms with E-state index in [-0.39, 0.29) is 29.3 Å². The number of hydrogen-bond acceptors (Lipinski definition) is 4. The molecule has 1 heterocycles. The Kier molecular flexibility index (Phi) is 5.72. The fourth-order valence-electron chi connectivity index (χ4n) is 3.43. The third-order valence-corrected chi connectivity index (χ3v) is 6.09. The van der Waals surface area contributed by atoms with Gasteiger partial charge in [-0.3, -0.25) is 14.2 Å². The van der Waals surface area contributed by atoms with Crippen molar-refractivity contribution in [3.8, 4) is 0 Å². The van der Waals surface area contributed by atoms with Gasteiger partial charge in [0.1, 0.15) is 0 Å². The molecule has 1 aliphatic rings. The third-order valence-electron chi connectivity index (χ3n) is 5.15. The van der Waals surface area contributed by atoms with Gasteiger partial charge in [-0.15, -0.1) is 0 Å². The van der Waals surface area contributed by atoms with E-state index in [0.29, 0.717) is 22.6 Å². The Morgan fingerprint density at radius 2 is 1.83 bits per heavy atom. The molecular formula is C23H25N3O2S. The Bertz CT molecular complexity index is 1070. The average Bonchev–Trinajstić information content (AvgIpc) is 3.56. The summed E-state index contributed by atoms with van der Waals surface area (Å²) in [4.78, 5) is 32.6. The number of carbonyl (C=O) groups is 1. The van der Waals surface area contributed by atoms with Crippen molar-refractivity contribution < 1.29 is 4.79 Å². The first-order valence-electron chi connectivity index (χ1n) is 10.0. The molecule has 0 bridgehead atoms. The van der Waals surface area contributed by atoms with E-state index in [4.69, 9.17) is 4.98 Å². The molecule has 5 nitrogen and oxygen atoms in total. The number of rotatable bonds is 7. The van der Waals surface area contributed by atoms with Crippen LogP contribution < -0.4 is 5.56 Å². The molecule has 6 heteroatoms. The third kappa shape index (κ3) is 4.37. The molecule has 0 spiro atoms. The number of nitrogens with zero attached hydrogens (tertiary/aromatic N) is 3. The lowest BCUT2D eigenvalue weighted by Gasteiger charge is -2.27. The Labute approximate surface area is 174 Å². The fourth-order valence-corrected chi connectivity index (χ4v) is 4.38. The molecule has 3 aromatic rings. The molecule has 1 fully saturated rings. The number of hydrogen-bond donors (Lipinski definition) is 0. The number of para-hydroxylation sites is 1. The monoisotopic (exact) mass is 407 g/mol. The molecule has 0 N–H and O–H groups in total. The van der Waals surface area contributed by atoms with Crippen molar-refractivity contribution in [3.63, 3.8) is 0 Å². The molecule has 0 atom stereocenters. The van der Waals surface area contributed by atoms with E-state index in [1.807, 2.05) is 73.3 Å². The zero-order chi connectivity index (χ0) is 20.4. The van der Waals surface area contributed by atoms with Gasteiger partial charge >= 0.3 is 0 Å². The van der Waals surface area contributed by atoms with Gasteiger partial charge in [-0.2, -0.15) is 0 Å². The van der Waals surface area contributed by atoms with Gasteiger partial charge in [-0.1, -0.05) is 54.2 Å². The van der Waals surface area contributed by atoms with Crippen LogP contribution >= 0.6 is 11.8 Å². The molecule has 0 aliphatic heterocycles. The summed E-state index contributed by atoms with van der Waals surface area (Å²) < 4.78 is 1.79. The first-order chi connectivity index (χ1) is 14.0. The number of benzene rings is 2. The maximum absolute atomic E-state index is 13.0. The summed E-state index contributed by atoms with van der Waals surface area (Å²) in [6.45, 7) is 4.64. The van der Waals surface area contributed by atoms with Crippen molar-refractivity contribution in [2.45, 2.75) is 50.5 Å². The molecule has 0 saturated heterocycles. The summed E-state index contributed by atoms with van der Waals surface area (Å²) in [6.07, 6.45) is 1.99.